The summed E-state index contributed by atoms with van der Waals surface area (Å²) in [6, 6.07) is 5.55. The number of nitrogens with one attached hydrogen (secondary N) is 2. The fourth-order valence-corrected chi connectivity index (χ4v) is 3.29. The number of aromatic amines is 1. The third kappa shape index (κ3) is 3.52. The molecule has 0 atom stereocenters. The summed E-state index contributed by atoms with van der Waals surface area (Å²) in [5, 5.41) is 0.334. The number of nitrogens with two attached hydrogens (primary N) is 2. The quantitative estimate of drug-likeness (QED) is 0.358. The molecule has 0 aliphatic carbocycles. The molecule has 2 aromatic rings. The standard InChI is InChI=1S/C12H15N5O3S2/c1-2-21-12-15-10(14)9(11(18)16-12)17-22(19,20)8-5-3-7(13)4-6-8/h3-6,17H,2,13H2,1H3,(H3,14,15,16,18). The van der Waals surface area contributed by atoms with Crippen molar-refractivity contribution >= 4 is 39.0 Å². The monoisotopic (exact) mass is 341 g/mol. The number of rotatable bonds is 5. The number of nitrogen functional groups attached to an aromatic ring is 2. The third-order valence-corrected chi connectivity index (χ3v) is 4.75. The van der Waals surface area contributed by atoms with Crippen LogP contribution in [-0.4, -0.2) is 24.1 Å². The molecule has 22 heavy (non-hydrogen) atoms. The molecule has 0 fully saturated rings. The van der Waals surface area contributed by atoms with Crippen LogP contribution in [0.15, 0.2) is 39.1 Å². The van der Waals surface area contributed by atoms with Crippen molar-refractivity contribution in [3.05, 3.63) is 34.6 Å². The van der Waals surface area contributed by atoms with Gasteiger partial charge in [-0.05, 0) is 30.0 Å². The average molecular weight is 341 g/mol. The normalized spacial score (nSPS) is 11.3. The summed E-state index contributed by atoms with van der Waals surface area (Å²) >= 11 is 1.29. The lowest BCUT2D eigenvalue weighted by Crippen LogP contribution is -2.23. The lowest BCUT2D eigenvalue weighted by atomic mass is 10.3. The van der Waals surface area contributed by atoms with E-state index in [4.69, 9.17) is 11.5 Å². The lowest BCUT2D eigenvalue weighted by Gasteiger charge is -2.10. The predicted molar refractivity (Wildman–Crippen MR) is 87.3 cm³/mol. The second kappa shape index (κ2) is 6.28. The SMILES string of the molecule is CCSc1nc(N)c(NS(=O)(=O)c2ccc(N)cc2)c(=O)[nH]1. The van der Waals surface area contributed by atoms with Crippen LogP contribution in [0.5, 0.6) is 0 Å². The van der Waals surface area contributed by atoms with Gasteiger partial charge >= 0.3 is 0 Å². The van der Waals surface area contributed by atoms with E-state index >= 15 is 0 Å². The van der Waals surface area contributed by atoms with E-state index in [0.717, 1.165) is 0 Å². The Morgan fingerprint density at radius 1 is 1.27 bits per heavy atom. The average Bonchev–Trinajstić information content (AvgIpc) is 2.44. The Balaban J connectivity index is 2.38. The van der Waals surface area contributed by atoms with Crippen LogP contribution in [0, 0.1) is 0 Å². The maximum atomic E-state index is 12.2. The third-order valence-electron chi connectivity index (χ3n) is 2.63. The van der Waals surface area contributed by atoms with Crippen molar-refractivity contribution in [1.82, 2.24) is 9.97 Å². The molecule has 1 heterocycles. The van der Waals surface area contributed by atoms with Gasteiger partial charge in [0.1, 0.15) is 0 Å². The Hall–Kier alpha value is -2.20. The van der Waals surface area contributed by atoms with Gasteiger partial charge in [0, 0.05) is 5.69 Å². The first-order valence-corrected chi connectivity index (χ1v) is 8.71. The Morgan fingerprint density at radius 3 is 2.45 bits per heavy atom. The summed E-state index contributed by atoms with van der Waals surface area (Å²) < 4.78 is 26.6. The Morgan fingerprint density at radius 2 is 1.91 bits per heavy atom. The smallest absolute Gasteiger partial charge is 0.278 e. The fraction of sp³-hybridized carbons (Fsp3) is 0.167. The minimum absolute atomic E-state index is 0.0347. The van der Waals surface area contributed by atoms with E-state index in [1.54, 1.807) is 0 Å². The van der Waals surface area contributed by atoms with Crippen LogP contribution in [0.2, 0.25) is 0 Å². The van der Waals surface area contributed by atoms with Gasteiger partial charge in [-0.3, -0.25) is 14.5 Å². The van der Waals surface area contributed by atoms with Gasteiger partial charge in [-0.1, -0.05) is 18.7 Å². The highest BCUT2D eigenvalue weighted by atomic mass is 32.2. The zero-order valence-electron chi connectivity index (χ0n) is 11.7. The molecule has 2 rings (SSSR count). The lowest BCUT2D eigenvalue weighted by molar-refractivity contribution is 0.601. The molecule has 1 aromatic carbocycles. The van der Waals surface area contributed by atoms with Crippen LogP contribution in [0.3, 0.4) is 0 Å². The van der Waals surface area contributed by atoms with Crippen LogP contribution in [-0.2, 0) is 10.0 Å². The second-order valence-corrected chi connectivity index (χ2v) is 7.17. The molecule has 6 N–H and O–H groups in total. The maximum absolute atomic E-state index is 12.2. The zero-order valence-corrected chi connectivity index (χ0v) is 13.3. The molecule has 0 unspecified atom stereocenters. The number of benzene rings is 1. The number of hydrogen-bond donors (Lipinski definition) is 4. The van der Waals surface area contributed by atoms with Crippen molar-refractivity contribution in [2.45, 2.75) is 17.0 Å². The summed E-state index contributed by atoms with van der Waals surface area (Å²) in [4.78, 5) is 18.4. The van der Waals surface area contributed by atoms with E-state index in [2.05, 4.69) is 14.7 Å². The number of sulfonamides is 1. The highest BCUT2D eigenvalue weighted by molar-refractivity contribution is 7.99. The van der Waals surface area contributed by atoms with Gasteiger partial charge in [-0.2, -0.15) is 0 Å². The van der Waals surface area contributed by atoms with Gasteiger partial charge in [-0.15, -0.1) is 0 Å². The molecular formula is C12H15N5O3S2. The van der Waals surface area contributed by atoms with Crippen molar-refractivity contribution < 1.29 is 8.42 Å². The maximum Gasteiger partial charge on any atom is 0.278 e. The molecule has 0 bridgehead atoms. The van der Waals surface area contributed by atoms with Crippen molar-refractivity contribution in [2.75, 3.05) is 21.9 Å². The molecule has 0 spiro atoms. The largest absolute Gasteiger partial charge is 0.399 e. The minimum Gasteiger partial charge on any atom is -0.399 e. The molecule has 0 saturated heterocycles. The zero-order chi connectivity index (χ0) is 16.3. The molecule has 0 aliphatic heterocycles. The molecule has 0 saturated carbocycles. The Labute approximate surface area is 131 Å². The van der Waals surface area contributed by atoms with E-state index in [-0.39, 0.29) is 16.4 Å². The molecule has 8 nitrogen and oxygen atoms in total. The highest BCUT2D eigenvalue weighted by Gasteiger charge is 2.19. The number of thioether (sulfide) groups is 1. The fourth-order valence-electron chi connectivity index (χ4n) is 1.61. The van der Waals surface area contributed by atoms with Crippen LogP contribution < -0.4 is 21.7 Å². The second-order valence-electron chi connectivity index (χ2n) is 4.24. The van der Waals surface area contributed by atoms with Crippen molar-refractivity contribution in [1.29, 1.82) is 0 Å². The van der Waals surface area contributed by atoms with Gasteiger partial charge in [0.05, 0.1) is 4.90 Å². The summed E-state index contributed by atoms with van der Waals surface area (Å²) in [7, 11) is -3.95. The summed E-state index contributed by atoms with van der Waals surface area (Å²) in [5.74, 6) is 0.512. The number of nitrogens with zero attached hydrogens (tertiary/aromatic N) is 1. The molecule has 0 aliphatic rings. The van der Waals surface area contributed by atoms with Crippen molar-refractivity contribution in [2.24, 2.45) is 0 Å². The first kappa shape index (κ1) is 16.2. The minimum atomic E-state index is -3.95. The molecule has 118 valence electrons. The number of H-pyrrole nitrogens is 1. The first-order chi connectivity index (χ1) is 10.3. The number of anilines is 3. The van der Waals surface area contributed by atoms with Crippen molar-refractivity contribution in [3.63, 3.8) is 0 Å². The predicted octanol–water partition coefficient (Wildman–Crippen LogP) is 0.847. The van der Waals surface area contributed by atoms with Crippen LogP contribution in [0.4, 0.5) is 17.2 Å². The van der Waals surface area contributed by atoms with Gasteiger partial charge < -0.3 is 11.5 Å². The van der Waals surface area contributed by atoms with E-state index in [9.17, 15) is 13.2 Å². The molecule has 1 aromatic heterocycles. The molecule has 10 heteroatoms. The molecular weight excluding hydrogens is 326 g/mol. The van der Waals surface area contributed by atoms with E-state index in [0.29, 0.717) is 16.6 Å². The van der Waals surface area contributed by atoms with Gasteiger partial charge in [0.25, 0.3) is 15.6 Å². The topological polar surface area (TPSA) is 144 Å². The van der Waals surface area contributed by atoms with E-state index in [1.165, 1.54) is 36.0 Å². The van der Waals surface area contributed by atoms with E-state index < -0.39 is 15.6 Å². The van der Waals surface area contributed by atoms with Crippen LogP contribution >= 0.6 is 11.8 Å². The first-order valence-electron chi connectivity index (χ1n) is 6.24. The summed E-state index contributed by atoms with van der Waals surface area (Å²) in [5.41, 5.74) is 10.7. The van der Waals surface area contributed by atoms with E-state index in [1.807, 2.05) is 6.92 Å². The summed E-state index contributed by atoms with van der Waals surface area (Å²) in [6.45, 7) is 1.89. The molecule has 0 radical (unpaired) electrons. The number of aromatic nitrogens is 2. The van der Waals surface area contributed by atoms with Gasteiger partial charge in [-0.25, -0.2) is 13.4 Å². The number of hydrogen-bond acceptors (Lipinski definition) is 7. The van der Waals surface area contributed by atoms with Gasteiger partial charge in [0.2, 0.25) is 0 Å². The van der Waals surface area contributed by atoms with Crippen LogP contribution in [0.25, 0.3) is 0 Å². The Bertz CT molecular complexity index is 831. The Kier molecular flexibility index (Phi) is 4.62. The molecule has 0 amide bonds. The van der Waals surface area contributed by atoms with Crippen LogP contribution in [0.1, 0.15) is 6.92 Å². The highest BCUT2D eigenvalue weighted by Crippen LogP contribution is 2.20. The van der Waals surface area contributed by atoms with Gasteiger partial charge in [0.15, 0.2) is 16.7 Å². The van der Waals surface area contributed by atoms with Crippen molar-refractivity contribution in [3.8, 4) is 0 Å². The summed E-state index contributed by atoms with van der Waals surface area (Å²) in [6.07, 6.45) is 0.